The molecule has 1 aliphatic rings. The highest BCUT2D eigenvalue weighted by atomic mass is 19.1. The van der Waals surface area contributed by atoms with Gasteiger partial charge in [-0.2, -0.15) is 4.39 Å². The maximum atomic E-state index is 13.0. The summed E-state index contributed by atoms with van der Waals surface area (Å²) in [5.41, 5.74) is -0.439. The number of nitrogens with zero attached hydrogens (tertiary/aromatic N) is 1. The number of halogens is 1. The fourth-order valence-electron chi connectivity index (χ4n) is 2.45. The van der Waals surface area contributed by atoms with E-state index in [0.717, 1.165) is 6.42 Å². The zero-order valence-electron chi connectivity index (χ0n) is 10.7. The number of anilines is 1. The largest absolute Gasteiger partial charge is 0.367 e. The molecule has 0 aromatic carbocycles. The molecule has 1 unspecified atom stereocenters. The molecule has 1 aromatic heterocycles. The minimum Gasteiger partial charge on any atom is -0.367 e. The van der Waals surface area contributed by atoms with Crippen molar-refractivity contribution in [2.24, 2.45) is 0 Å². The van der Waals surface area contributed by atoms with Crippen molar-refractivity contribution in [3.63, 3.8) is 0 Å². The van der Waals surface area contributed by atoms with Gasteiger partial charge in [-0.3, -0.25) is 0 Å². The van der Waals surface area contributed by atoms with Gasteiger partial charge in [-0.05, 0) is 46.2 Å². The Kier molecular flexibility index (Phi) is 2.86. The van der Waals surface area contributed by atoms with Gasteiger partial charge in [-0.1, -0.05) is 6.07 Å². The van der Waals surface area contributed by atoms with Crippen LogP contribution in [0.1, 0.15) is 34.1 Å². The summed E-state index contributed by atoms with van der Waals surface area (Å²) in [4.78, 5) is 3.82. The highest BCUT2D eigenvalue weighted by molar-refractivity contribution is 5.36. The Morgan fingerprint density at radius 1 is 1.35 bits per heavy atom. The molecule has 1 atom stereocenters. The Labute approximate surface area is 101 Å². The fraction of sp³-hybridized carbons (Fsp3) is 0.615. The second-order valence-electron chi connectivity index (χ2n) is 5.71. The summed E-state index contributed by atoms with van der Waals surface area (Å²) in [5.74, 6) is 0.0929. The Balaban J connectivity index is 2.14. The third-order valence-corrected chi connectivity index (χ3v) is 3.11. The van der Waals surface area contributed by atoms with Crippen LogP contribution in [-0.4, -0.2) is 22.2 Å². The molecular weight excluding hydrogens is 219 g/mol. The van der Waals surface area contributed by atoms with Crippen molar-refractivity contribution in [2.75, 3.05) is 5.32 Å². The van der Waals surface area contributed by atoms with Crippen LogP contribution in [0.4, 0.5) is 10.2 Å². The van der Waals surface area contributed by atoms with E-state index >= 15 is 0 Å². The van der Waals surface area contributed by atoms with Crippen molar-refractivity contribution >= 4 is 5.82 Å². The molecule has 4 heteroatoms. The number of hydrogen-bond donors (Lipinski definition) is 1. The number of pyridine rings is 1. The zero-order valence-corrected chi connectivity index (χ0v) is 10.7. The van der Waals surface area contributed by atoms with E-state index in [1.54, 1.807) is 12.1 Å². The first-order valence-electron chi connectivity index (χ1n) is 5.88. The number of aromatic nitrogens is 1. The monoisotopic (exact) mass is 238 g/mol. The average molecular weight is 238 g/mol. The molecule has 1 saturated heterocycles. The smallest absolute Gasteiger partial charge is 0.214 e. The summed E-state index contributed by atoms with van der Waals surface area (Å²) < 4.78 is 19.0. The van der Waals surface area contributed by atoms with Crippen LogP contribution in [0.25, 0.3) is 0 Å². The first-order chi connectivity index (χ1) is 7.78. The molecule has 0 spiro atoms. The number of ether oxygens (including phenoxy) is 1. The molecule has 17 heavy (non-hydrogen) atoms. The quantitative estimate of drug-likeness (QED) is 0.804. The summed E-state index contributed by atoms with van der Waals surface area (Å²) in [7, 11) is 0. The van der Waals surface area contributed by atoms with Crippen LogP contribution in [0.15, 0.2) is 18.2 Å². The van der Waals surface area contributed by atoms with Crippen LogP contribution >= 0.6 is 0 Å². The molecule has 1 aliphatic heterocycles. The molecule has 94 valence electrons. The Morgan fingerprint density at radius 2 is 2.06 bits per heavy atom. The van der Waals surface area contributed by atoms with Crippen molar-refractivity contribution in [1.82, 2.24) is 4.98 Å². The molecule has 0 radical (unpaired) electrons. The first kappa shape index (κ1) is 12.3. The van der Waals surface area contributed by atoms with Crippen LogP contribution in [0.3, 0.4) is 0 Å². The summed E-state index contributed by atoms with van der Waals surface area (Å²) in [5, 5.41) is 3.25. The molecular formula is C13H19FN2O. The average Bonchev–Trinajstić information content (AvgIpc) is 2.34. The molecule has 3 nitrogen and oxygen atoms in total. The second kappa shape index (κ2) is 3.95. The minimum atomic E-state index is -0.467. The van der Waals surface area contributed by atoms with Gasteiger partial charge in [0.1, 0.15) is 5.82 Å². The van der Waals surface area contributed by atoms with Gasteiger partial charge in [-0.15, -0.1) is 0 Å². The molecule has 0 saturated carbocycles. The van der Waals surface area contributed by atoms with Crippen LogP contribution in [0, 0.1) is 5.95 Å². The second-order valence-corrected chi connectivity index (χ2v) is 5.71. The summed E-state index contributed by atoms with van der Waals surface area (Å²) in [6, 6.07) is 4.89. The number of rotatable bonds is 2. The van der Waals surface area contributed by atoms with Gasteiger partial charge in [-0.25, -0.2) is 4.98 Å². The lowest BCUT2D eigenvalue weighted by Crippen LogP contribution is -2.38. The van der Waals surface area contributed by atoms with E-state index in [1.165, 1.54) is 6.07 Å². The van der Waals surface area contributed by atoms with Gasteiger partial charge in [0.15, 0.2) is 0 Å². The topological polar surface area (TPSA) is 34.2 Å². The van der Waals surface area contributed by atoms with Gasteiger partial charge in [0.05, 0.1) is 17.2 Å². The summed E-state index contributed by atoms with van der Waals surface area (Å²) in [6.45, 7) is 8.21. The molecule has 2 rings (SSSR count). The molecule has 0 aliphatic carbocycles. The van der Waals surface area contributed by atoms with Gasteiger partial charge in [0, 0.05) is 0 Å². The fourth-order valence-corrected chi connectivity index (χ4v) is 2.45. The highest BCUT2D eigenvalue weighted by Gasteiger charge is 2.45. The van der Waals surface area contributed by atoms with Crippen molar-refractivity contribution in [3.8, 4) is 0 Å². The molecule has 1 aromatic rings. The Morgan fingerprint density at radius 3 is 2.59 bits per heavy atom. The van der Waals surface area contributed by atoms with E-state index in [0.29, 0.717) is 5.82 Å². The van der Waals surface area contributed by atoms with Crippen molar-refractivity contribution in [2.45, 2.75) is 51.4 Å². The highest BCUT2D eigenvalue weighted by Crippen LogP contribution is 2.38. The van der Waals surface area contributed by atoms with E-state index in [4.69, 9.17) is 4.74 Å². The Bertz CT molecular complexity index is 418. The standard InChI is InChI=1S/C13H19FN2O/c1-12(2)8-9(13(3,4)17-12)15-11-7-5-6-10(14)16-11/h5-7,9H,8H2,1-4H3,(H,15,16). The Hall–Kier alpha value is -1.16. The molecule has 2 heterocycles. The van der Waals surface area contributed by atoms with E-state index in [1.807, 2.05) is 13.8 Å². The normalized spacial score (nSPS) is 25.8. The van der Waals surface area contributed by atoms with Crippen molar-refractivity contribution < 1.29 is 9.13 Å². The van der Waals surface area contributed by atoms with Crippen LogP contribution < -0.4 is 5.32 Å². The first-order valence-corrected chi connectivity index (χ1v) is 5.88. The summed E-state index contributed by atoms with van der Waals surface area (Å²) >= 11 is 0. The third kappa shape index (κ3) is 2.75. The molecule has 1 N–H and O–H groups in total. The van der Waals surface area contributed by atoms with Gasteiger partial charge in [0.25, 0.3) is 0 Å². The summed E-state index contributed by atoms with van der Waals surface area (Å²) in [6.07, 6.45) is 0.873. The predicted octanol–water partition coefficient (Wildman–Crippen LogP) is 2.98. The number of nitrogens with one attached hydrogen (secondary N) is 1. The van der Waals surface area contributed by atoms with Gasteiger partial charge >= 0.3 is 0 Å². The minimum absolute atomic E-state index is 0.131. The molecule has 0 amide bonds. The lowest BCUT2D eigenvalue weighted by Gasteiger charge is -2.28. The van der Waals surface area contributed by atoms with E-state index in [9.17, 15) is 4.39 Å². The lowest BCUT2D eigenvalue weighted by atomic mass is 9.94. The van der Waals surface area contributed by atoms with Gasteiger partial charge in [0.2, 0.25) is 5.95 Å². The van der Waals surface area contributed by atoms with Crippen LogP contribution in [0.2, 0.25) is 0 Å². The van der Waals surface area contributed by atoms with E-state index in [-0.39, 0.29) is 17.2 Å². The van der Waals surface area contributed by atoms with Crippen molar-refractivity contribution in [3.05, 3.63) is 24.1 Å². The van der Waals surface area contributed by atoms with Gasteiger partial charge < -0.3 is 10.1 Å². The maximum Gasteiger partial charge on any atom is 0.214 e. The van der Waals surface area contributed by atoms with Crippen LogP contribution in [-0.2, 0) is 4.74 Å². The SMILES string of the molecule is CC1(C)CC(Nc2cccc(F)n2)C(C)(C)O1. The number of hydrogen-bond acceptors (Lipinski definition) is 3. The zero-order chi connectivity index (χ0) is 12.7. The predicted molar refractivity (Wildman–Crippen MR) is 65.5 cm³/mol. The van der Waals surface area contributed by atoms with Crippen LogP contribution in [0.5, 0.6) is 0 Å². The van der Waals surface area contributed by atoms with E-state index in [2.05, 4.69) is 24.1 Å². The lowest BCUT2D eigenvalue weighted by molar-refractivity contribution is -0.0662. The third-order valence-electron chi connectivity index (χ3n) is 3.11. The molecule has 0 bridgehead atoms. The van der Waals surface area contributed by atoms with Crippen molar-refractivity contribution in [1.29, 1.82) is 0 Å². The maximum absolute atomic E-state index is 13.0. The van der Waals surface area contributed by atoms with E-state index < -0.39 is 5.95 Å². The molecule has 1 fully saturated rings.